The van der Waals surface area contributed by atoms with Gasteiger partial charge in [-0.2, -0.15) is 5.10 Å². The van der Waals surface area contributed by atoms with Gasteiger partial charge in [0.1, 0.15) is 5.15 Å². The number of carbonyl (C=O) groups excluding carboxylic acids is 2. The third-order valence-corrected chi connectivity index (χ3v) is 4.43. The van der Waals surface area contributed by atoms with E-state index in [4.69, 9.17) is 16.3 Å². The van der Waals surface area contributed by atoms with Crippen LogP contribution in [0.2, 0.25) is 5.15 Å². The zero-order valence-electron chi connectivity index (χ0n) is 15.7. The average molecular weight is 390 g/mol. The number of hydrogen-bond acceptors (Lipinski definition) is 4. The van der Waals surface area contributed by atoms with Crippen molar-refractivity contribution in [1.29, 1.82) is 0 Å². The number of esters is 1. The van der Waals surface area contributed by atoms with Crippen LogP contribution in [-0.2, 0) is 20.9 Å². The molecule has 27 heavy (non-hydrogen) atoms. The van der Waals surface area contributed by atoms with Gasteiger partial charge in [0, 0.05) is 17.7 Å². The zero-order valence-corrected chi connectivity index (χ0v) is 16.5. The average Bonchev–Trinajstić information content (AvgIpc) is 2.92. The van der Waals surface area contributed by atoms with Crippen LogP contribution < -0.4 is 5.32 Å². The van der Waals surface area contributed by atoms with E-state index in [1.54, 1.807) is 10.8 Å². The fourth-order valence-electron chi connectivity index (χ4n) is 2.37. The highest BCUT2D eigenvalue weighted by Crippen LogP contribution is 2.22. The summed E-state index contributed by atoms with van der Waals surface area (Å²) >= 11 is 6.40. The molecule has 0 bridgehead atoms. The van der Waals surface area contributed by atoms with E-state index in [0.29, 0.717) is 23.0 Å². The first-order valence-electron chi connectivity index (χ1n) is 8.81. The Hall–Kier alpha value is -2.60. The van der Waals surface area contributed by atoms with Gasteiger partial charge in [0.25, 0.3) is 5.91 Å². The fourth-order valence-corrected chi connectivity index (χ4v) is 2.67. The molecule has 2 aromatic rings. The summed E-state index contributed by atoms with van der Waals surface area (Å²) in [6.45, 7) is 5.89. The highest BCUT2D eigenvalue weighted by atomic mass is 35.5. The SMILES string of the molecule is CCC(C)NC(=O)COC(=O)/C=C/c1c(C)nn(Cc2ccccc2)c1Cl. The van der Waals surface area contributed by atoms with Gasteiger partial charge in [-0.3, -0.25) is 4.79 Å². The number of amides is 1. The predicted octanol–water partition coefficient (Wildman–Crippen LogP) is 3.36. The molecule has 0 spiro atoms. The van der Waals surface area contributed by atoms with Crippen LogP contribution in [0.5, 0.6) is 0 Å². The second kappa shape index (κ2) is 9.92. The second-order valence-corrected chi connectivity index (χ2v) is 6.61. The maximum absolute atomic E-state index is 11.8. The van der Waals surface area contributed by atoms with E-state index in [1.165, 1.54) is 6.08 Å². The summed E-state index contributed by atoms with van der Waals surface area (Å²) in [5, 5.41) is 7.59. The molecular weight excluding hydrogens is 366 g/mol. The third-order valence-electron chi connectivity index (χ3n) is 4.04. The molecule has 2 rings (SSSR count). The largest absolute Gasteiger partial charge is 0.452 e. The van der Waals surface area contributed by atoms with E-state index in [9.17, 15) is 9.59 Å². The smallest absolute Gasteiger partial charge is 0.331 e. The van der Waals surface area contributed by atoms with Gasteiger partial charge >= 0.3 is 5.97 Å². The summed E-state index contributed by atoms with van der Waals surface area (Å²) in [6.07, 6.45) is 3.62. The number of benzene rings is 1. The molecule has 0 saturated heterocycles. The van der Waals surface area contributed by atoms with Crippen LogP contribution in [0.4, 0.5) is 0 Å². The first-order chi connectivity index (χ1) is 12.9. The number of nitrogens with one attached hydrogen (secondary N) is 1. The molecule has 6 nitrogen and oxygen atoms in total. The minimum atomic E-state index is -0.611. The van der Waals surface area contributed by atoms with Gasteiger partial charge in [0.15, 0.2) is 6.61 Å². The van der Waals surface area contributed by atoms with Gasteiger partial charge in [-0.15, -0.1) is 0 Å². The lowest BCUT2D eigenvalue weighted by Crippen LogP contribution is -2.35. The Morgan fingerprint density at radius 2 is 2.04 bits per heavy atom. The van der Waals surface area contributed by atoms with Crippen LogP contribution in [0.3, 0.4) is 0 Å². The van der Waals surface area contributed by atoms with Crippen LogP contribution in [0, 0.1) is 6.92 Å². The van der Waals surface area contributed by atoms with E-state index in [-0.39, 0.29) is 18.6 Å². The highest BCUT2D eigenvalue weighted by molar-refractivity contribution is 6.31. The molecule has 0 aliphatic heterocycles. The molecule has 7 heteroatoms. The van der Waals surface area contributed by atoms with E-state index in [1.807, 2.05) is 51.1 Å². The van der Waals surface area contributed by atoms with Crippen LogP contribution in [-0.4, -0.2) is 34.3 Å². The summed E-state index contributed by atoms with van der Waals surface area (Å²) < 4.78 is 6.62. The standard InChI is InChI=1S/C20H24ClN3O3/c1-4-14(2)22-18(25)13-27-19(26)11-10-17-15(3)23-24(20(17)21)12-16-8-6-5-7-9-16/h5-11,14H,4,12-13H2,1-3H3,(H,22,25)/b11-10+. The Labute approximate surface area is 164 Å². The van der Waals surface area contributed by atoms with E-state index >= 15 is 0 Å². The Balaban J connectivity index is 1.96. The fraction of sp³-hybridized carbons (Fsp3) is 0.350. The summed E-state index contributed by atoms with van der Waals surface area (Å²) in [4.78, 5) is 23.5. The minimum absolute atomic E-state index is 0.0450. The van der Waals surface area contributed by atoms with Gasteiger partial charge in [-0.1, -0.05) is 48.9 Å². The van der Waals surface area contributed by atoms with Crippen molar-refractivity contribution in [2.45, 2.75) is 39.8 Å². The zero-order chi connectivity index (χ0) is 19.8. The summed E-state index contributed by atoms with van der Waals surface area (Å²) in [7, 11) is 0. The number of carbonyl (C=O) groups is 2. The Kier molecular flexibility index (Phi) is 7.61. The summed E-state index contributed by atoms with van der Waals surface area (Å²) in [6, 6.07) is 9.88. The van der Waals surface area contributed by atoms with Crippen molar-refractivity contribution < 1.29 is 14.3 Å². The van der Waals surface area contributed by atoms with Crippen LogP contribution >= 0.6 is 11.6 Å². The molecule has 144 valence electrons. The van der Waals surface area contributed by atoms with Crippen LogP contribution in [0.15, 0.2) is 36.4 Å². The number of rotatable bonds is 8. The van der Waals surface area contributed by atoms with Crippen LogP contribution in [0.25, 0.3) is 6.08 Å². The van der Waals surface area contributed by atoms with Crippen LogP contribution in [0.1, 0.15) is 37.1 Å². The number of nitrogens with zero attached hydrogens (tertiary/aromatic N) is 2. The molecule has 1 amide bonds. The molecule has 1 heterocycles. The first kappa shape index (κ1) is 20.7. The van der Waals surface area contributed by atoms with E-state index in [0.717, 1.165) is 12.0 Å². The number of ether oxygens (including phenoxy) is 1. The molecule has 1 aromatic heterocycles. The second-order valence-electron chi connectivity index (χ2n) is 6.25. The van der Waals surface area contributed by atoms with Crippen molar-refractivity contribution >= 4 is 29.6 Å². The quantitative estimate of drug-likeness (QED) is 0.555. The van der Waals surface area contributed by atoms with Crippen molar-refractivity contribution in [3.05, 3.63) is 58.4 Å². The first-order valence-corrected chi connectivity index (χ1v) is 9.19. The van der Waals surface area contributed by atoms with Gasteiger partial charge in [0.05, 0.1) is 12.2 Å². The molecule has 0 aliphatic rings. The van der Waals surface area contributed by atoms with Gasteiger partial charge in [-0.05, 0) is 31.9 Å². The minimum Gasteiger partial charge on any atom is -0.452 e. The lowest BCUT2D eigenvalue weighted by atomic mass is 10.2. The van der Waals surface area contributed by atoms with Crippen molar-refractivity contribution in [3.8, 4) is 0 Å². The normalized spacial score (nSPS) is 12.1. The molecule has 0 radical (unpaired) electrons. The molecule has 0 saturated carbocycles. The Morgan fingerprint density at radius 3 is 2.70 bits per heavy atom. The van der Waals surface area contributed by atoms with Gasteiger partial charge in [0.2, 0.25) is 0 Å². The third kappa shape index (κ3) is 6.25. The maximum Gasteiger partial charge on any atom is 0.331 e. The Bertz CT molecular complexity index is 815. The number of hydrogen-bond donors (Lipinski definition) is 1. The monoisotopic (exact) mass is 389 g/mol. The molecule has 1 N–H and O–H groups in total. The van der Waals surface area contributed by atoms with Crippen molar-refractivity contribution in [3.63, 3.8) is 0 Å². The Morgan fingerprint density at radius 1 is 1.33 bits per heavy atom. The lowest BCUT2D eigenvalue weighted by Gasteiger charge is -2.10. The lowest BCUT2D eigenvalue weighted by molar-refractivity contribution is -0.144. The predicted molar refractivity (Wildman–Crippen MR) is 105 cm³/mol. The summed E-state index contributed by atoms with van der Waals surface area (Å²) in [5.74, 6) is -0.934. The topological polar surface area (TPSA) is 73.2 Å². The van der Waals surface area contributed by atoms with Crippen molar-refractivity contribution in [1.82, 2.24) is 15.1 Å². The molecule has 0 fully saturated rings. The molecule has 1 aromatic carbocycles. The number of aryl methyl sites for hydroxylation is 1. The van der Waals surface area contributed by atoms with Gasteiger partial charge < -0.3 is 10.1 Å². The number of aromatic nitrogens is 2. The highest BCUT2D eigenvalue weighted by Gasteiger charge is 2.12. The molecule has 1 unspecified atom stereocenters. The van der Waals surface area contributed by atoms with Crippen molar-refractivity contribution in [2.24, 2.45) is 0 Å². The summed E-state index contributed by atoms with van der Waals surface area (Å²) in [5.41, 5.74) is 2.42. The number of halogens is 1. The molecular formula is C20H24ClN3O3. The van der Waals surface area contributed by atoms with Crippen molar-refractivity contribution in [2.75, 3.05) is 6.61 Å². The maximum atomic E-state index is 11.8. The molecule has 0 aliphatic carbocycles. The molecule has 1 atom stereocenters. The van der Waals surface area contributed by atoms with E-state index < -0.39 is 5.97 Å². The van der Waals surface area contributed by atoms with Gasteiger partial charge in [-0.25, -0.2) is 9.48 Å². The van der Waals surface area contributed by atoms with E-state index in [2.05, 4.69) is 10.4 Å².